The molecule has 0 aromatic rings. The second kappa shape index (κ2) is 6.12. The molecule has 0 aromatic carbocycles. The lowest BCUT2D eigenvalue weighted by molar-refractivity contribution is -0.187. The summed E-state index contributed by atoms with van der Waals surface area (Å²) in [5.41, 5.74) is 0. The molecule has 2 rings (SSSR count). The predicted molar refractivity (Wildman–Crippen MR) is 71.5 cm³/mol. The van der Waals surface area contributed by atoms with Gasteiger partial charge in [0.15, 0.2) is 0 Å². The number of rotatable bonds is 1. The summed E-state index contributed by atoms with van der Waals surface area (Å²) in [4.78, 5) is 14.0. The molecule has 6 heteroatoms. The van der Waals surface area contributed by atoms with Crippen LogP contribution in [-0.2, 0) is 4.79 Å². The largest absolute Gasteiger partial charge is 0.391 e. The first-order valence-corrected chi connectivity index (χ1v) is 7.72. The number of hydrogen-bond acceptors (Lipinski definition) is 1. The number of halogens is 4. The predicted octanol–water partition coefficient (Wildman–Crippen LogP) is 3.83. The molecule has 1 aliphatic carbocycles. The van der Waals surface area contributed by atoms with Crippen LogP contribution in [0.3, 0.4) is 0 Å². The van der Waals surface area contributed by atoms with Crippen molar-refractivity contribution < 1.29 is 18.0 Å². The van der Waals surface area contributed by atoms with E-state index in [2.05, 4.69) is 0 Å². The van der Waals surface area contributed by atoms with Crippen molar-refractivity contribution in [3.8, 4) is 0 Å². The Morgan fingerprint density at radius 3 is 2.55 bits per heavy atom. The van der Waals surface area contributed by atoms with Crippen molar-refractivity contribution in [3.63, 3.8) is 0 Å². The van der Waals surface area contributed by atoms with Crippen molar-refractivity contribution >= 4 is 17.5 Å². The molecular formula is C14H21ClF3NO. The Balaban J connectivity index is 1.95. The van der Waals surface area contributed by atoms with Crippen LogP contribution < -0.4 is 0 Å². The van der Waals surface area contributed by atoms with E-state index in [1.54, 1.807) is 4.90 Å². The minimum absolute atomic E-state index is 0.0542. The summed E-state index contributed by atoms with van der Waals surface area (Å²) in [6, 6.07) is 0. The molecule has 1 amide bonds. The molecule has 2 aliphatic rings. The zero-order chi connectivity index (χ0) is 14.9. The van der Waals surface area contributed by atoms with E-state index in [0.29, 0.717) is 31.8 Å². The van der Waals surface area contributed by atoms with Crippen LogP contribution in [0.2, 0.25) is 0 Å². The third kappa shape index (κ3) is 3.60. The molecule has 0 spiro atoms. The van der Waals surface area contributed by atoms with Gasteiger partial charge in [0.2, 0.25) is 5.91 Å². The van der Waals surface area contributed by atoms with Gasteiger partial charge in [0.05, 0.1) is 11.3 Å². The van der Waals surface area contributed by atoms with Crippen molar-refractivity contribution in [2.45, 2.75) is 50.6 Å². The van der Waals surface area contributed by atoms with Crippen LogP contribution in [0.25, 0.3) is 0 Å². The van der Waals surface area contributed by atoms with Crippen molar-refractivity contribution in [1.82, 2.24) is 4.90 Å². The summed E-state index contributed by atoms with van der Waals surface area (Å²) in [5.74, 6) is -1.57. The van der Waals surface area contributed by atoms with Crippen LogP contribution in [-0.4, -0.2) is 35.4 Å². The third-order valence-corrected chi connectivity index (χ3v) is 5.23. The molecule has 20 heavy (non-hydrogen) atoms. The number of hydrogen-bond donors (Lipinski definition) is 0. The number of carbonyl (C=O) groups is 1. The summed E-state index contributed by atoms with van der Waals surface area (Å²) in [6.07, 6.45) is -2.19. The number of likely N-dealkylation sites (tertiary alicyclic amines) is 1. The molecule has 4 unspecified atom stereocenters. The third-order valence-electron chi connectivity index (χ3n) is 4.66. The molecule has 1 saturated carbocycles. The first-order valence-electron chi connectivity index (χ1n) is 7.28. The topological polar surface area (TPSA) is 20.3 Å². The Morgan fingerprint density at radius 2 is 1.95 bits per heavy atom. The van der Waals surface area contributed by atoms with E-state index in [1.165, 1.54) is 0 Å². The maximum atomic E-state index is 12.8. The summed E-state index contributed by atoms with van der Waals surface area (Å²) < 4.78 is 38.4. The fourth-order valence-electron chi connectivity index (χ4n) is 3.19. The average Bonchev–Trinajstić information content (AvgIpc) is 2.40. The van der Waals surface area contributed by atoms with Crippen molar-refractivity contribution in [2.75, 3.05) is 13.1 Å². The van der Waals surface area contributed by atoms with E-state index in [0.717, 1.165) is 6.42 Å². The fourth-order valence-corrected chi connectivity index (χ4v) is 3.48. The number of piperidine rings is 1. The molecule has 1 saturated heterocycles. The zero-order valence-corrected chi connectivity index (χ0v) is 12.4. The molecule has 1 heterocycles. The number of carbonyl (C=O) groups excluding carboxylic acids is 1. The van der Waals surface area contributed by atoms with Crippen molar-refractivity contribution in [3.05, 3.63) is 0 Å². The fraction of sp³-hybridized carbons (Fsp3) is 0.929. The smallest absolute Gasteiger partial charge is 0.341 e. The molecule has 1 aliphatic heterocycles. The van der Waals surface area contributed by atoms with Crippen LogP contribution in [0, 0.1) is 17.8 Å². The van der Waals surface area contributed by atoms with E-state index >= 15 is 0 Å². The van der Waals surface area contributed by atoms with Gasteiger partial charge < -0.3 is 4.90 Å². The van der Waals surface area contributed by atoms with Gasteiger partial charge in [-0.3, -0.25) is 4.79 Å². The molecule has 2 nitrogen and oxygen atoms in total. The number of nitrogens with zero attached hydrogens (tertiary/aromatic N) is 1. The number of amides is 1. The highest BCUT2D eigenvalue weighted by Crippen LogP contribution is 2.40. The maximum Gasteiger partial charge on any atom is 0.391 e. The molecular weight excluding hydrogens is 291 g/mol. The van der Waals surface area contributed by atoms with Crippen LogP contribution in [0.15, 0.2) is 0 Å². The molecule has 116 valence electrons. The lowest BCUT2D eigenvalue weighted by Gasteiger charge is -2.38. The molecule has 4 atom stereocenters. The normalized spacial score (nSPS) is 36.0. The summed E-state index contributed by atoms with van der Waals surface area (Å²) in [6.45, 7) is 3.13. The standard InChI is InChI=1S/C14H21ClF3NO/c1-9-5-6-19(8-12(9)15)13(20)10-3-2-4-11(7-10)14(16,17)18/h9-12H,2-8H2,1H3. The van der Waals surface area contributed by atoms with E-state index in [1.807, 2.05) is 6.92 Å². The lowest BCUT2D eigenvalue weighted by Crippen LogP contribution is -2.47. The van der Waals surface area contributed by atoms with E-state index in [-0.39, 0.29) is 24.1 Å². The van der Waals surface area contributed by atoms with Gasteiger partial charge in [-0.05, 0) is 31.6 Å². The Morgan fingerprint density at radius 1 is 1.25 bits per heavy atom. The highest BCUT2D eigenvalue weighted by Gasteiger charge is 2.44. The summed E-state index contributed by atoms with van der Waals surface area (Å²) >= 11 is 6.17. The summed E-state index contributed by atoms with van der Waals surface area (Å²) in [5, 5.41) is -0.0882. The van der Waals surface area contributed by atoms with Gasteiger partial charge in [0, 0.05) is 19.0 Å². The summed E-state index contributed by atoms with van der Waals surface area (Å²) in [7, 11) is 0. The monoisotopic (exact) mass is 311 g/mol. The van der Waals surface area contributed by atoms with E-state index < -0.39 is 18.0 Å². The first kappa shape index (κ1) is 15.9. The Bertz CT molecular complexity index is 361. The maximum absolute atomic E-state index is 12.8. The van der Waals surface area contributed by atoms with E-state index in [9.17, 15) is 18.0 Å². The quantitative estimate of drug-likeness (QED) is 0.674. The number of alkyl halides is 4. The minimum atomic E-state index is -4.18. The van der Waals surface area contributed by atoms with Crippen molar-refractivity contribution in [1.29, 1.82) is 0 Å². The Hall–Kier alpha value is -0.450. The molecule has 0 N–H and O–H groups in total. The first-order chi connectivity index (χ1) is 9.29. The van der Waals surface area contributed by atoms with Crippen LogP contribution >= 0.6 is 11.6 Å². The van der Waals surface area contributed by atoms with Gasteiger partial charge in [-0.25, -0.2) is 0 Å². The van der Waals surface area contributed by atoms with Crippen LogP contribution in [0.4, 0.5) is 13.2 Å². The molecule has 0 bridgehead atoms. The van der Waals surface area contributed by atoms with Crippen LogP contribution in [0.5, 0.6) is 0 Å². The second-order valence-electron chi connectivity index (χ2n) is 6.17. The van der Waals surface area contributed by atoms with Gasteiger partial charge >= 0.3 is 6.18 Å². The highest BCUT2D eigenvalue weighted by molar-refractivity contribution is 6.21. The van der Waals surface area contributed by atoms with Gasteiger partial charge in [0.1, 0.15) is 0 Å². The van der Waals surface area contributed by atoms with Gasteiger partial charge in [0.25, 0.3) is 0 Å². The average molecular weight is 312 g/mol. The van der Waals surface area contributed by atoms with Gasteiger partial charge in [-0.15, -0.1) is 11.6 Å². The van der Waals surface area contributed by atoms with Gasteiger partial charge in [-0.2, -0.15) is 13.2 Å². The Kier molecular flexibility index (Phi) is 4.88. The van der Waals surface area contributed by atoms with Crippen LogP contribution in [0.1, 0.15) is 39.0 Å². The van der Waals surface area contributed by atoms with E-state index in [4.69, 9.17) is 11.6 Å². The molecule has 0 radical (unpaired) electrons. The lowest BCUT2D eigenvalue weighted by atomic mass is 9.80. The minimum Gasteiger partial charge on any atom is -0.341 e. The van der Waals surface area contributed by atoms with Crippen molar-refractivity contribution in [2.24, 2.45) is 17.8 Å². The SMILES string of the molecule is CC1CCN(C(=O)C2CCCC(C(F)(F)F)C2)CC1Cl. The molecule has 0 aromatic heterocycles. The second-order valence-corrected chi connectivity index (χ2v) is 6.73. The Labute approximate surface area is 122 Å². The highest BCUT2D eigenvalue weighted by atomic mass is 35.5. The zero-order valence-electron chi connectivity index (χ0n) is 11.6. The van der Waals surface area contributed by atoms with Gasteiger partial charge in [-0.1, -0.05) is 13.3 Å². The molecule has 2 fully saturated rings.